The number of piperidine rings is 1. The second kappa shape index (κ2) is 6.76. The average molecular weight is 351 g/mol. The van der Waals surface area contributed by atoms with Gasteiger partial charge in [-0.3, -0.25) is 9.89 Å². The second-order valence-corrected chi connectivity index (χ2v) is 8.05. The SMILES string of the molecule is CS(=O)(=O)c1cn[nH]c1C1CCCCN1C(=O)CCn1ccnc1. The molecule has 3 rings (SSSR count). The molecule has 9 heteroatoms. The summed E-state index contributed by atoms with van der Waals surface area (Å²) in [6, 6.07) is -0.263. The van der Waals surface area contributed by atoms with Crippen LogP contribution >= 0.6 is 0 Å². The number of aromatic nitrogens is 4. The molecule has 8 nitrogen and oxygen atoms in total. The molecule has 1 amide bonds. The lowest BCUT2D eigenvalue weighted by Crippen LogP contribution is -2.39. The van der Waals surface area contributed by atoms with Crippen molar-refractivity contribution >= 4 is 15.7 Å². The zero-order valence-corrected chi connectivity index (χ0v) is 14.4. The molecule has 3 heterocycles. The van der Waals surface area contributed by atoms with Crippen LogP contribution < -0.4 is 0 Å². The van der Waals surface area contributed by atoms with E-state index in [4.69, 9.17) is 0 Å². The number of likely N-dealkylation sites (tertiary alicyclic amines) is 1. The Balaban J connectivity index is 1.78. The predicted octanol–water partition coefficient (Wildman–Crippen LogP) is 1.15. The summed E-state index contributed by atoms with van der Waals surface area (Å²) < 4.78 is 25.7. The van der Waals surface area contributed by atoms with Crippen LogP contribution in [0.5, 0.6) is 0 Å². The van der Waals surface area contributed by atoms with Gasteiger partial charge in [0, 0.05) is 38.2 Å². The summed E-state index contributed by atoms with van der Waals surface area (Å²) in [5, 5.41) is 6.69. The van der Waals surface area contributed by atoms with Gasteiger partial charge in [0.2, 0.25) is 5.91 Å². The fraction of sp³-hybridized carbons (Fsp3) is 0.533. The smallest absolute Gasteiger partial charge is 0.224 e. The van der Waals surface area contributed by atoms with Crippen LogP contribution in [0.3, 0.4) is 0 Å². The molecular weight excluding hydrogens is 330 g/mol. The van der Waals surface area contributed by atoms with Gasteiger partial charge in [0.05, 0.1) is 24.3 Å². The number of imidazole rings is 1. The Morgan fingerprint density at radius 2 is 2.25 bits per heavy atom. The Morgan fingerprint density at radius 3 is 2.96 bits per heavy atom. The van der Waals surface area contributed by atoms with Crippen molar-refractivity contribution in [2.75, 3.05) is 12.8 Å². The third kappa shape index (κ3) is 3.50. The molecule has 2 aromatic heterocycles. The number of carbonyl (C=O) groups excluding carboxylic acids is 1. The van der Waals surface area contributed by atoms with Gasteiger partial charge in [0.15, 0.2) is 9.84 Å². The summed E-state index contributed by atoms with van der Waals surface area (Å²) in [6.07, 6.45) is 10.6. The zero-order chi connectivity index (χ0) is 17.2. The van der Waals surface area contributed by atoms with Crippen molar-refractivity contribution in [2.24, 2.45) is 0 Å². The molecule has 1 fully saturated rings. The highest BCUT2D eigenvalue weighted by Gasteiger charge is 2.32. The molecule has 1 aliphatic heterocycles. The molecule has 0 aromatic carbocycles. The first-order valence-corrected chi connectivity index (χ1v) is 9.84. The Labute approximate surface area is 140 Å². The minimum atomic E-state index is -3.38. The number of H-pyrrole nitrogens is 1. The highest BCUT2D eigenvalue weighted by atomic mass is 32.2. The largest absolute Gasteiger partial charge is 0.337 e. The number of carbonyl (C=O) groups is 1. The number of hydrogen-bond acceptors (Lipinski definition) is 5. The van der Waals surface area contributed by atoms with E-state index in [1.807, 2.05) is 10.8 Å². The Bertz CT molecular complexity index is 797. The Morgan fingerprint density at radius 1 is 1.42 bits per heavy atom. The molecule has 1 unspecified atom stereocenters. The summed E-state index contributed by atoms with van der Waals surface area (Å²) >= 11 is 0. The number of rotatable bonds is 5. The third-order valence-electron chi connectivity index (χ3n) is 4.33. The normalized spacial score (nSPS) is 18.7. The van der Waals surface area contributed by atoms with Gasteiger partial charge < -0.3 is 9.47 Å². The molecule has 2 aromatic rings. The van der Waals surface area contributed by atoms with Crippen LogP contribution in [0.4, 0.5) is 0 Å². The summed E-state index contributed by atoms with van der Waals surface area (Å²) in [7, 11) is -3.38. The maximum atomic E-state index is 12.7. The van der Waals surface area contributed by atoms with E-state index in [1.165, 1.54) is 6.20 Å². The Hall–Kier alpha value is -2.16. The van der Waals surface area contributed by atoms with Gasteiger partial charge in [0.25, 0.3) is 0 Å². The summed E-state index contributed by atoms with van der Waals surface area (Å²) in [4.78, 5) is 18.6. The van der Waals surface area contributed by atoms with E-state index < -0.39 is 9.84 Å². The van der Waals surface area contributed by atoms with E-state index in [1.54, 1.807) is 17.4 Å². The van der Waals surface area contributed by atoms with E-state index >= 15 is 0 Å². The van der Waals surface area contributed by atoms with Crippen LogP contribution in [0.2, 0.25) is 0 Å². The number of hydrogen-bond donors (Lipinski definition) is 1. The first kappa shape index (κ1) is 16.7. The van der Waals surface area contributed by atoms with Crippen LogP contribution in [0.25, 0.3) is 0 Å². The molecular formula is C15H21N5O3S. The molecule has 0 bridgehead atoms. The van der Waals surface area contributed by atoms with Crippen molar-refractivity contribution in [3.8, 4) is 0 Å². The number of nitrogens with one attached hydrogen (secondary N) is 1. The maximum Gasteiger partial charge on any atom is 0.224 e. The first-order chi connectivity index (χ1) is 11.5. The van der Waals surface area contributed by atoms with Gasteiger partial charge >= 0.3 is 0 Å². The van der Waals surface area contributed by atoms with Gasteiger partial charge in [-0.05, 0) is 19.3 Å². The quantitative estimate of drug-likeness (QED) is 0.871. The van der Waals surface area contributed by atoms with Crippen molar-refractivity contribution < 1.29 is 13.2 Å². The summed E-state index contributed by atoms with van der Waals surface area (Å²) in [5.74, 6) is 0.0162. The summed E-state index contributed by atoms with van der Waals surface area (Å²) in [6.45, 7) is 1.19. The molecule has 24 heavy (non-hydrogen) atoms. The monoisotopic (exact) mass is 351 g/mol. The number of aryl methyl sites for hydroxylation is 1. The number of sulfone groups is 1. The maximum absolute atomic E-state index is 12.7. The molecule has 0 spiro atoms. The lowest BCUT2D eigenvalue weighted by atomic mass is 9.99. The highest BCUT2D eigenvalue weighted by Crippen LogP contribution is 2.33. The molecule has 1 saturated heterocycles. The fourth-order valence-corrected chi connectivity index (χ4v) is 3.96. The first-order valence-electron chi connectivity index (χ1n) is 7.95. The van der Waals surface area contributed by atoms with Crippen molar-refractivity contribution in [1.29, 1.82) is 0 Å². The lowest BCUT2D eigenvalue weighted by Gasteiger charge is -2.35. The van der Waals surface area contributed by atoms with Crippen LogP contribution in [0.1, 0.15) is 37.4 Å². The zero-order valence-electron chi connectivity index (χ0n) is 13.6. The van der Waals surface area contributed by atoms with Crippen molar-refractivity contribution in [1.82, 2.24) is 24.6 Å². The van der Waals surface area contributed by atoms with Gasteiger partial charge in [-0.1, -0.05) is 0 Å². The van der Waals surface area contributed by atoms with E-state index in [0.29, 0.717) is 25.2 Å². The summed E-state index contributed by atoms with van der Waals surface area (Å²) in [5.41, 5.74) is 0.521. The van der Waals surface area contributed by atoms with Gasteiger partial charge in [-0.2, -0.15) is 5.10 Å². The van der Waals surface area contributed by atoms with Gasteiger partial charge in [-0.25, -0.2) is 13.4 Å². The molecule has 0 saturated carbocycles. The molecule has 130 valence electrons. The molecule has 1 aliphatic rings. The standard InChI is InChI=1S/C15H21N5O3S/c1-24(22,23)13-10-17-18-15(13)12-4-2-3-7-20(12)14(21)5-8-19-9-6-16-11-19/h6,9-12H,2-5,7-8H2,1H3,(H,17,18). The van der Waals surface area contributed by atoms with Crippen LogP contribution in [0, 0.1) is 0 Å². The van der Waals surface area contributed by atoms with E-state index in [0.717, 1.165) is 25.5 Å². The number of nitrogens with zero attached hydrogens (tertiary/aromatic N) is 4. The van der Waals surface area contributed by atoms with E-state index in [2.05, 4.69) is 15.2 Å². The molecule has 1 N–H and O–H groups in total. The second-order valence-electron chi connectivity index (χ2n) is 6.07. The third-order valence-corrected chi connectivity index (χ3v) is 5.46. The number of amides is 1. The fourth-order valence-electron chi connectivity index (χ4n) is 3.14. The molecule has 0 radical (unpaired) electrons. The van der Waals surface area contributed by atoms with Crippen LogP contribution in [-0.2, 0) is 21.2 Å². The van der Waals surface area contributed by atoms with Crippen molar-refractivity contribution in [3.05, 3.63) is 30.6 Å². The highest BCUT2D eigenvalue weighted by molar-refractivity contribution is 7.90. The van der Waals surface area contributed by atoms with E-state index in [9.17, 15) is 13.2 Å². The predicted molar refractivity (Wildman–Crippen MR) is 86.8 cm³/mol. The van der Waals surface area contributed by atoms with Gasteiger partial charge in [-0.15, -0.1) is 0 Å². The average Bonchev–Trinajstić information content (AvgIpc) is 3.23. The van der Waals surface area contributed by atoms with Crippen LogP contribution in [-0.4, -0.2) is 51.8 Å². The van der Waals surface area contributed by atoms with Gasteiger partial charge in [0.1, 0.15) is 4.90 Å². The molecule has 0 aliphatic carbocycles. The topological polar surface area (TPSA) is 101 Å². The Kier molecular flexibility index (Phi) is 4.70. The minimum absolute atomic E-state index is 0.0162. The molecule has 1 atom stereocenters. The van der Waals surface area contributed by atoms with Crippen molar-refractivity contribution in [3.63, 3.8) is 0 Å². The number of aromatic amines is 1. The lowest BCUT2D eigenvalue weighted by molar-refractivity contribution is -0.135. The minimum Gasteiger partial charge on any atom is -0.337 e. The van der Waals surface area contributed by atoms with Crippen molar-refractivity contribution in [2.45, 2.75) is 43.2 Å². The van der Waals surface area contributed by atoms with E-state index in [-0.39, 0.29) is 16.8 Å². The van der Waals surface area contributed by atoms with Crippen LogP contribution in [0.15, 0.2) is 29.8 Å².